The zero-order valence-electron chi connectivity index (χ0n) is 16.6. The number of hydrogen-bond acceptors (Lipinski definition) is 4. The van der Waals surface area contributed by atoms with Crippen molar-refractivity contribution >= 4 is 21.6 Å². The van der Waals surface area contributed by atoms with E-state index in [9.17, 15) is 13.2 Å². The summed E-state index contributed by atoms with van der Waals surface area (Å²) < 4.78 is 32.8. The molecule has 2 unspecified atom stereocenters. The highest BCUT2D eigenvalue weighted by molar-refractivity contribution is 7.89. The summed E-state index contributed by atoms with van der Waals surface area (Å²) in [6.45, 7) is 8.34. The number of nitrogens with one attached hydrogen (secondary N) is 1. The van der Waals surface area contributed by atoms with Gasteiger partial charge in [-0.25, -0.2) is 8.42 Å². The van der Waals surface area contributed by atoms with Crippen LogP contribution >= 0.6 is 0 Å². The van der Waals surface area contributed by atoms with Gasteiger partial charge in [0, 0.05) is 24.3 Å². The number of anilines is 1. The maximum atomic E-state index is 12.9. The van der Waals surface area contributed by atoms with Gasteiger partial charge in [0.2, 0.25) is 10.0 Å². The van der Waals surface area contributed by atoms with Gasteiger partial charge < -0.3 is 10.1 Å². The van der Waals surface area contributed by atoms with Crippen LogP contribution in [0.2, 0.25) is 0 Å². The molecular formula is C21H26N2O4S. The highest BCUT2D eigenvalue weighted by Crippen LogP contribution is 2.23. The van der Waals surface area contributed by atoms with Crippen LogP contribution in [0.25, 0.3) is 0 Å². The lowest BCUT2D eigenvalue weighted by Crippen LogP contribution is -2.48. The van der Waals surface area contributed by atoms with Crippen LogP contribution in [-0.4, -0.2) is 43.9 Å². The van der Waals surface area contributed by atoms with Crippen molar-refractivity contribution in [1.82, 2.24) is 4.31 Å². The van der Waals surface area contributed by atoms with E-state index in [1.807, 2.05) is 39.8 Å². The molecular weight excluding hydrogens is 376 g/mol. The predicted octanol–water partition coefficient (Wildman–Crippen LogP) is 3.35. The SMILES string of the molecule is Cc1ccc(C(=O)Nc2ccc(S(=O)(=O)N3CC(C)OC(C)C3)cc2)cc1C. The first-order chi connectivity index (χ1) is 13.2. The van der Waals surface area contributed by atoms with Gasteiger partial charge in [0.15, 0.2) is 0 Å². The molecule has 2 aromatic rings. The first-order valence-corrected chi connectivity index (χ1v) is 10.7. The van der Waals surface area contributed by atoms with E-state index < -0.39 is 10.0 Å². The van der Waals surface area contributed by atoms with E-state index in [-0.39, 0.29) is 23.0 Å². The second-order valence-electron chi connectivity index (χ2n) is 7.36. The summed E-state index contributed by atoms with van der Waals surface area (Å²) in [7, 11) is -3.60. The van der Waals surface area contributed by atoms with Gasteiger partial charge in [-0.05, 0) is 75.2 Å². The number of nitrogens with zero attached hydrogens (tertiary/aromatic N) is 1. The summed E-state index contributed by atoms with van der Waals surface area (Å²) in [6, 6.07) is 11.8. The van der Waals surface area contributed by atoms with Gasteiger partial charge in [-0.3, -0.25) is 4.79 Å². The molecule has 1 heterocycles. The molecule has 0 bridgehead atoms. The van der Waals surface area contributed by atoms with Crippen LogP contribution < -0.4 is 5.32 Å². The fourth-order valence-electron chi connectivity index (χ4n) is 3.27. The molecule has 1 aliphatic rings. The van der Waals surface area contributed by atoms with Gasteiger partial charge in [0.05, 0.1) is 17.1 Å². The van der Waals surface area contributed by atoms with Crippen molar-refractivity contribution in [2.75, 3.05) is 18.4 Å². The van der Waals surface area contributed by atoms with Gasteiger partial charge in [-0.1, -0.05) is 6.07 Å². The Morgan fingerprint density at radius 2 is 1.61 bits per heavy atom. The first-order valence-electron chi connectivity index (χ1n) is 9.31. The monoisotopic (exact) mass is 402 g/mol. The third kappa shape index (κ3) is 4.43. The molecule has 0 saturated carbocycles. The van der Waals surface area contributed by atoms with Crippen LogP contribution in [0.3, 0.4) is 0 Å². The Kier molecular flexibility index (Phi) is 5.88. The van der Waals surface area contributed by atoms with Crippen molar-refractivity contribution in [1.29, 1.82) is 0 Å². The lowest BCUT2D eigenvalue weighted by atomic mass is 10.1. The maximum absolute atomic E-state index is 12.9. The number of aryl methyl sites for hydroxylation is 2. The zero-order chi connectivity index (χ0) is 20.5. The first kappa shape index (κ1) is 20.5. The van der Waals surface area contributed by atoms with E-state index in [1.165, 1.54) is 16.4 Å². The van der Waals surface area contributed by atoms with E-state index >= 15 is 0 Å². The van der Waals surface area contributed by atoms with Gasteiger partial charge in [0.25, 0.3) is 5.91 Å². The topological polar surface area (TPSA) is 75.7 Å². The number of carbonyl (C=O) groups excluding carboxylic acids is 1. The zero-order valence-corrected chi connectivity index (χ0v) is 17.4. The van der Waals surface area contributed by atoms with Crippen LogP contribution in [0.1, 0.15) is 35.3 Å². The number of hydrogen-bond donors (Lipinski definition) is 1. The number of ether oxygens (including phenoxy) is 1. The Morgan fingerprint density at radius 1 is 1.00 bits per heavy atom. The minimum atomic E-state index is -3.60. The van der Waals surface area contributed by atoms with E-state index in [1.54, 1.807) is 18.2 Å². The number of amides is 1. The van der Waals surface area contributed by atoms with Gasteiger partial charge in [-0.15, -0.1) is 0 Å². The van der Waals surface area contributed by atoms with E-state index in [0.717, 1.165) is 11.1 Å². The lowest BCUT2D eigenvalue weighted by molar-refractivity contribution is -0.0440. The minimum Gasteiger partial charge on any atom is -0.373 e. The highest BCUT2D eigenvalue weighted by Gasteiger charge is 2.32. The molecule has 2 atom stereocenters. The van der Waals surface area contributed by atoms with Gasteiger partial charge in [0.1, 0.15) is 0 Å². The summed E-state index contributed by atoms with van der Waals surface area (Å²) >= 11 is 0. The average Bonchev–Trinajstić information content (AvgIpc) is 2.63. The normalized spacial score (nSPS) is 20.7. The summed E-state index contributed by atoms with van der Waals surface area (Å²) in [5, 5.41) is 2.81. The summed E-state index contributed by atoms with van der Waals surface area (Å²) in [5.41, 5.74) is 3.28. The smallest absolute Gasteiger partial charge is 0.255 e. The number of sulfonamides is 1. The Hall–Kier alpha value is -2.22. The van der Waals surface area contributed by atoms with E-state index in [4.69, 9.17) is 4.74 Å². The molecule has 6 nitrogen and oxygen atoms in total. The third-order valence-corrected chi connectivity index (χ3v) is 6.75. The Balaban J connectivity index is 1.74. The molecule has 3 rings (SSSR count). The van der Waals surface area contributed by atoms with Crippen molar-refractivity contribution in [3.05, 3.63) is 59.2 Å². The Labute approximate surface area is 166 Å². The summed E-state index contributed by atoms with van der Waals surface area (Å²) in [5.74, 6) is -0.227. The fourth-order valence-corrected chi connectivity index (χ4v) is 4.86. The van der Waals surface area contributed by atoms with Crippen molar-refractivity contribution < 1.29 is 17.9 Å². The highest BCUT2D eigenvalue weighted by atomic mass is 32.2. The third-order valence-electron chi connectivity index (χ3n) is 4.91. The standard InChI is InChI=1S/C21H26N2O4S/c1-14-5-6-18(11-15(14)2)21(24)22-19-7-9-20(10-8-19)28(25,26)23-12-16(3)27-17(4)13-23/h5-11,16-17H,12-13H2,1-4H3,(H,22,24). The quantitative estimate of drug-likeness (QED) is 0.851. The minimum absolute atomic E-state index is 0.143. The lowest BCUT2D eigenvalue weighted by Gasteiger charge is -2.34. The molecule has 0 aliphatic carbocycles. The summed E-state index contributed by atoms with van der Waals surface area (Å²) in [4.78, 5) is 12.6. The van der Waals surface area contributed by atoms with Crippen LogP contribution in [0.5, 0.6) is 0 Å². The second kappa shape index (κ2) is 8.03. The molecule has 0 radical (unpaired) electrons. The van der Waals surface area contributed by atoms with Gasteiger partial charge in [-0.2, -0.15) is 4.31 Å². The van der Waals surface area contributed by atoms with Crippen LogP contribution in [0, 0.1) is 13.8 Å². The molecule has 1 fully saturated rings. The molecule has 1 saturated heterocycles. The number of benzene rings is 2. The Morgan fingerprint density at radius 3 is 2.18 bits per heavy atom. The molecule has 150 valence electrons. The van der Waals surface area contributed by atoms with Crippen LogP contribution in [-0.2, 0) is 14.8 Å². The van der Waals surface area contributed by atoms with E-state index in [2.05, 4.69) is 5.32 Å². The van der Waals surface area contributed by atoms with Crippen molar-refractivity contribution in [3.63, 3.8) is 0 Å². The van der Waals surface area contributed by atoms with Crippen molar-refractivity contribution in [2.24, 2.45) is 0 Å². The molecule has 1 amide bonds. The second-order valence-corrected chi connectivity index (χ2v) is 9.29. The summed E-state index contributed by atoms with van der Waals surface area (Å²) in [6.07, 6.45) is -0.287. The molecule has 7 heteroatoms. The molecule has 1 aliphatic heterocycles. The van der Waals surface area contributed by atoms with Crippen LogP contribution in [0.15, 0.2) is 47.4 Å². The molecule has 1 N–H and O–H groups in total. The van der Waals surface area contributed by atoms with Crippen molar-refractivity contribution in [3.8, 4) is 0 Å². The number of morpholine rings is 1. The predicted molar refractivity (Wildman–Crippen MR) is 109 cm³/mol. The molecule has 0 spiro atoms. The van der Waals surface area contributed by atoms with Gasteiger partial charge >= 0.3 is 0 Å². The van der Waals surface area contributed by atoms with Crippen molar-refractivity contribution in [2.45, 2.75) is 44.8 Å². The van der Waals surface area contributed by atoms with E-state index in [0.29, 0.717) is 24.3 Å². The fraction of sp³-hybridized carbons (Fsp3) is 0.381. The Bertz CT molecular complexity index is 960. The molecule has 2 aromatic carbocycles. The number of rotatable bonds is 4. The largest absolute Gasteiger partial charge is 0.373 e. The molecule has 28 heavy (non-hydrogen) atoms. The maximum Gasteiger partial charge on any atom is 0.255 e. The number of carbonyl (C=O) groups is 1. The van der Waals surface area contributed by atoms with Crippen LogP contribution in [0.4, 0.5) is 5.69 Å². The average molecular weight is 403 g/mol. The molecule has 0 aromatic heterocycles.